The smallest absolute Gasteiger partial charge is 0.328 e. The molecule has 1 aliphatic rings. The summed E-state index contributed by atoms with van der Waals surface area (Å²) in [4.78, 5) is 20.8. The van der Waals surface area contributed by atoms with Gasteiger partial charge in [0.05, 0.1) is 5.29 Å². The van der Waals surface area contributed by atoms with E-state index in [4.69, 9.17) is 5.11 Å². The van der Waals surface area contributed by atoms with Gasteiger partial charge in [0, 0.05) is 6.54 Å². The van der Waals surface area contributed by atoms with Gasteiger partial charge < -0.3 is 5.11 Å². The molecule has 1 fully saturated rings. The molecule has 0 radical (unpaired) electrons. The van der Waals surface area contributed by atoms with Gasteiger partial charge in [-0.25, -0.2) is 9.80 Å². The van der Waals surface area contributed by atoms with Crippen molar-refractivity contribution in [1.82, 2.24) is 5.01 Å². The maximum atomic E-state index is 10.6. The summed E-state index contributed by atoms with van der Waals surface area (Å²) in [5.41, 5.74) is -0.128. The van der Waals surface area contributed by atoms with Gasteiger partial charge in [0.1, 0.15) is 6.04 Å². The van der Waals surface area contributed by atoms with Crippen molar-refractivity contribution in [2.24, 2.45) is 10.7 Å². The summed E-state index contributed by atoms with van der Waals surface area (Å²) in [6, 6.07) is -0.738. The highest BCUT2D eigenvalue weighted by atomic mass is 16.4. The summed E-state index contributed by atoms with van der Waals surface area (Å²) in [5.74, 6) is -0.972. The Morgan fingerprint density at radius 2 is 2.25 bits per heavy atom. The van der Waals surface area contributed by atoms with Crippen LogP contribution in [0.2, 0.25) is 0 Å². The first-order chi connectivity index (χ1) is 5.46. The molecule has 1 heterocycles. The molecular weight excluding hydrogens is 160 g/mol. The number of rotatable bonds is 2. The van der Waals surface area contributed by atoms with Gasteiger partial charge in [-0.15, -0.1) is 4.91 Å². The molecule has 0 aromatic carbocycles. The summed E-state index contributed by atoms with van der Waals surface area (Å²) in [7, 11) is 0. The minimum absolute atomic E-state index is 0.128. The van der Waals surface area contributed by atoms with Gasteiger partial charge in [-0.2, -0.15) is 0 Å². The molecule has 1 aliphatic heterocycles. The molecule has 0 amide bonds. The van der Waals surface area contributed by atoms with Crippen molar-refractivity contribution in [2.75, 3.05) is 6.54 Å². The summed E-state index contributed by atoms with van der Waals surface area (Å²) in [5, 5.41) is 12.5. The molecule has 0 bridgehead atoms. The minimum Gasteiger partial charge on any atom is -0.480 e. The van der Waals surface area contributed by atoms with Crippen molar-refractivity contribution in [3.63, 3.8) is 0 Å². The van der Waals surface area contributed by atoms with E-state index in [-0.39, 0.29) is 5.41 Å². The lowest BCUT2D eigenvalue weighted by Gasteiger charge is -2.14. The van der Waals surface area contributed by atoms with Crippen LogP contribution in [0.1, 0.15) is 20.3 Å². The molecule has 1 unspecified atom stereocenters. The van der Waals surface area contributed by atoms with E-state index in [0.29, 0.717) is 13.0 Å². The Labute approximate surface area is 70.3 Å². The van der Waals surface area contributed by atoms with Crippen LogP contribution < -0.4 is 0 Å². The maximum absolute atomic E-state index is 10.6. The van der Waals surface area contributed by atoms with Gasteiger partial charge in [-0.1, -0.05) is 13.8 Å². The van der Waals surface area contributed by atoms with E-state index < -0.39 is 12.0 Å². The van der Waals surface area contributed by atoms with Gasteiger partial charge in [0.25, 0.3) is 0 Å². The highest BCUT2D eigenvalue weighted by Gasteiger charge is 2.41. The van der Waals surface area contributed by atoms with E-state index in [1.165, 1.54) is 0 Å². The van der Waals surface area contributed by atoms with Crippen LogP contribution >= 0.6 is 0 Å². The second-order valence-corrected chi connectivity index (χ2v) is 3.90. The molecule has 0 aliphatic carbocycles. The third-order valence-electron chi connectivity index (χ3n) is 2.09. The first-order valence-electron chi connectivity index (χ1n) is 3.79. The molecule has 0 saturated carbocycles. The molecule has 5 heteroatoms. The molecule has 0 spiro atoms. The molecule has 1 atom stereocenters. The van der Waals surface area contributed by atoms with Crippen molar-refractivity contribution in [3.05, 3.63) is 4.91 Å². The first kappa shape index (κ1) is 8.96. The molecule has 68 valence electrons. The number of carbonyl (C=O) groups is 1. The maximum Gasteiger partial charge on any atom is 0.328 e. The number of hydrogen-bond donors (Lipinski definition) is 1. The summed E-state index contributed by atoms with van der Waals surface area (Å²) in [6.07, 6.45) is 0.480. The first-order valence-corrected chi connectivity index (χ1v) is 3.79. The van der Waals surface area contributed by atoms with E-state index in [0.717, 1.165) is 5.01 Å². The van der Waals surface area contributed by atoms with E-state index in [1.807, 2.05) is 13.8 Å². The Morgan fingerprint density at radius 1 is 1.67 bits per heavy atom. The molecule has 5 nitrogen and oxygen atoms in total. The lowest BCUT2D eigenvalue weighted by Crippen LogP contribution is -2.31. The Balaban J connectivity index is 2.76. The highest BCUT2D eigenvalue weighted by Crippen LogP contribution is 2.33. The number of aliphatic carboxylic acids is 1. The van der Waals surface area contributed by atoms with Gasteiger partial charge >= 0.3 is 5.97 Å². The fraction of sp³-hybridized carbons (Fsp3) is 0.857. The average Bonchev–Trinajstić information content (AvgIpc) is 2.25. The van der Waals surface area contributed by atoms with Crippen LogP contribution in [0.15, 0.2) is 5.29 Å². The normalized spacial score (nSPS) is 27.2. The zero-order valence-corrected chi connectivity index (χ0v) is 7.15. The number of carboxylic acid groups (broad SMARTS) is 1. The zero-order valence-electron chi connectivity index (χ0n) is 7.15. The Kier molecular flexibility index (Phi) is 2.04. The van der Waals surface area contributed by atoms with Gasteiger partial charge in [0.2, 0.25) is 0 Å². The van der Waals surface area contributed by atoms with E-state index in [2.05, 4.69) is 5.29 Å². The van der Waals surface area contributed by atoms with Crippen LogP contribution in [-0.2, 0) is 4.79 Å². The van der Waals surface area contributed by atoms with Crippen LogP contribution in [0.25, 0.3) is 0 Å². The topological polar surface area (TPSA) is 70.0 Å². The molecule has 1 N–H and O–H groups in total. The van der Waals surface area contributed by atoms with Crippen molar-refractivity contribution in [1.29, 1.82) is 0 Å². The molecular formula is C7H12N2O3. The van der Waals surface area contributed by atoms with Crippen LogP contribution in [0.5, 0.6) is 0 Å². The van der Waals surface area contributed by atoms with Crippen molar-refractivity contribution < 1.29 is 9.90 Å². The Hall–Kier alpha value is -1.13. The standard InChI is InChI=1S/C7H12N2O3/c1-7(2)3-5(6(10)11)9(4-7)8-12/h5H,3-4H2,1-2H3,(H,10,11). The lowest BCUT2D eigenvalue weighted by molar-refractivity contribution is -0.142. The Morgan fingerprint density at radius 3 is 2.58 bits per heavy atom. The fourth-order valence-electron chi connectivity index (χ4n) is 1.54. The summed E-state index contributed by atoms with van der Waals surface area (Å²) < 4.78 is 0. The van der Waals surface area contributed by atoms with E-state index in [1.54, 1.807) is 0 Å². The number of nitroso groups, excluding NO2 is 1. The number of carboxylic acids is 1. The Bertz CT molecular complexity index is 215. The lowest BCUT2D eigenvalue weighted by atomic mass is 9.91. The zero-order chi connectivity index (χ0) is 9.35. The monoisotopic (exact) mass is 172 g/mol. The highest BCUT2D eigenvalue weighted by molar-refractivity contribution is 5.73. The third kappa shape index (κ3) is 1.54. The van der Waals surface area contributed by atoms with Crippen molar-refractivity contribution in [2.45, 2.75) is 26.3 Å². The quantitative estimate of drug-likeness (QED) is 0.627. The molecule has 0 aromatic heterocycles. The van der Waals surface area contributed by atoms with E-state index >= 15 is 0 Å². The predicted octanol–water partition coefficient (Wildman–Crippen LogP) is 0.853. The van der Waals surface area contributed by atoms with Crippen LogP contribution in [0, 0.1) is 10.3 Å². The summed E-state index contributed by atoms with van der Waals surface area (Å²) >= 11 is 0. The summed E-state index contributed by atoms with van der Waals surface area (Å²) in [6.45, 7) is 4.27. The number of hydrogen-bond acceptors (Lipinski definition) is 3. The van der Waals surface area contributed by atoms with Crippen molar-refractivity contribution >= 4 is 5.97 Å². The van der Waals surface area contributed by atoms with Crippen LogP contribution in [-0.4, -0.2) is 28.7 Å². The van der Waals surface area contributed by atoms with Crippen molar-refractivity contribution in [3.8, 4) is 0 Å². The third-order valence-corrected chi connectivity index (χ3v) is 2.09. The van der Waals surface area contributed by atoms with Gasteiger partial charge in [-0.05, 0) is 11.8 Å². The second kappa shape index (κ2) is 2.73. The molecule has 1 saturated heterocycles. The molecule has 12 heavy (non-hydrogen) atoms. The van der Waals surface area contributed by atoms with Gasteiger partial charge in [0.15, 0.2) is 0 Å². The van der Waals surface area contributed by atoms with Crippen LogP contribution in [0.4, 0.5) is 0 Å². The predicted molar refractivity (Wildman–Crippen MR) is 42.3 cm³/mol. The molecule has 0 aromatic rings. The largest absolute Gasteiger partial charge is 0.480 e. The van der Waals surface area contributed by atoms with E-state index in [9.17, 15) is 9.70 Å². The minimum atomic E-state index is -0.972. The SMILES string of the molecule is CC1(C)CC(C(=O)O)N(N=O)C1. The average molecular weight is 172 g/mol. The fourth-order valence-corrected chi connectivity index (χ4v) is 1.54. The second-order valence-electron chi connectivity index (χ2n) is 3.90. The van der Waals surface area contributed by atoms with Gasteiger partial charge in [-0.3, -0.25) is 0 Å². The number of nitrogens with zero attached hydrogens (tertiary/aromatic N) is 2. The molecule has 1 rings (SSSR count). The van der Waals surface area contributed by atoms with Crippen LogP contribution in [0.3, 0.4) is 0 Å².